The van der Waals surface area contributed by atoms with E-state index in [0.717, 1.165) is 0 Å². The van der Waals surface area contributed by atoms with Gasteiger partial charge in [-0.1, -0.05) is 11.6 Å². The average molecular weight is 340 g/mol. The topological polar surface area (TPSA) is 87.5 Å². The van der Waals surface area contributed by atoms with Crippen molar-refractivity contribution in [1.82, 2.24) is 24.9 Å². The van der Waals surface area contributed by atoms with Gasteiger partial charge in [-0.3, -0.25) is 19.1 Å². The number of carbonyl (C=O) groups is 3. The predicted octanol–water partition coefficient (Wildman–Crippen LogP) is -0.508. The SMILES string of the molecule is CNC(=O)C1CC(=O)N(C2CN(C(=O)c3c(Cl)cnn3C)C2)C1. The molecule has 0 saturated carbocycles. The lowest BCUT2D eigenvalue weighted by atomic mass is 10.1. The van der Waals surface area contributed by atoms with Crippen LogP contribution in [0.1, 0.15) is 16.9 Å². The van der Waals surface area contributed by atoms with Crippen LogP contribution in [0.3, 0.4) is 0 Å². The molecule has 2 fully saturated rings. The van der Waals surface area contributed by atoms with Crippen molar-refractivity contribution < 1.29 is 14.4 Å². The van der Waals surface area contributed by atoms with E-state index in [-0.39, 0.29) is 36.1 Å². The minimum absolute atomic E-state index is 0.0331. The number of hydrogen-bond acceptors (Lipinski definition) is 4. The van der Waals surface area contributed by atoms with Crippen molar-refractivity contribution in [2.45, 2.75) is 12.5 Å². The summed E-state index contributed by atoms with van der Waals surface area (Å²) < 4.78 is 1.45. The molecule has 0 spiro atoms. The van der Waals surface area contributed by atoms with Crippen LogP contribution in [0.5, 0.6) is 0 Å². The van der Waals surface area contributed by atoms with E-state index in [4.69, 9.17) is 11.6 Å². The Bertz CT molecular complexity index is 648. The molecule has 0 aliphatic carbocycles. The van der Waals surface area contributed by atoms with E-state index in [1.54, 1.807) is 23.9 Å². The van der Waals surface area contributed by atoms with Crippen LogP contribution < -0.4 is 5.32 Å². The Morgan fingerprint density at radius 1 is 1.35 bits per heavy atom. The molecule has 124 valence electrons. The third-order valence-corrected chi connectivity index (χ3v) is 4.74. The highest BCUT2D eigenvalue weighted by atomic mass is 35.5. The molecule has 0 radical (unpaired) electrons. The number of halogens is 1. The van der Waals surface area contributed by atoms with Gasteiger partial charge in [0.15, 0.2) is 0 Å². The van der Waals surface area contributed by atoms with Crippen molar-refractivity contribution in [3.8, 4) is 0 Å². The Hall–Kier alpha value is -2.09. The predicted molar refractivity (Wildman–Crippen MR) is 81.8 cm³/mol. The van der Waals surface area contributed by atoms with Gasteiger partial charge in [-0.25, -0.2) is 0 Å². The van der Waals surface area contributed by atoms with Gasteiger partial charge in [-0.05, 0) is 0 Å². The first-order valence-corrected chi connectivity index (χ1v) is 7.78. The lowest BCUT2D eigenvalue weighted by Gasteiger charge is -2.44. The largest absolute Gasteiger partial charge is 0.359 e. The molecule has 8 nitrogen and oxygen atoms in total. The minimum atomic E-state index is -0.302. The Kier molecular flexibility index (Phi) is 4.01. The maximum absolute atomic E-state index is 12.4. The van der Waals surface area contributed by atoms with Crippen LogP contribution in [0.25, 0.3) is 0 Å². The molecule has 3 heterocycles. The molecule has 3 amide bonds. The molecule has 3 rings (SSSR count). The smallest absolute Gasteiger partial charge is 0.273 e. The summed E-state index contributed by atoms with van der Waals surface area (Å²) >= 11 is 5.98. The summed E-state index contributed by atoms with van der Waals surface area (Å²) in [7, 11) is 3.23. The average Bonchev–Trinajstić information content (AvgIpc) is 3.00. The third-order valence-electron chi connectivity index (χ3n) is 4.46. The van der Waals surface area contributed by atoms with Gasteiger partial charge in [-0.2, -0.15) is 5.10 Å². The number of aromatic nitrogens is 2. The van der Waals surface area contributed by atoms with Gasteiger partial charge in [0, 0.05) is 40.2 Å². The second kappa shape index (κ2) is 5.84. The van der Waals surface area contributed by atoms with Crippen LogP contribution in [-0.4, -0.2) is 70.0 Å². The lowest BCUT2D eigenvalue weighted by Crippen LogP contribution is -2.61. The molecule has 1 aromatic heterocycles. The molecular formula is C14H18ClN5O3. The highest BCUT2D eigenvalue weighted by Crippen LogP contribution is 2.27. The van der Waals surface area contributed by atoms with Crippen LogP contribution >= 0.6 is 11.6 Å². The van der Waals surface area contributed by atoms with E-state index in [2.05, 4.69) is 10.4 Å². The van der Waals surface area contributed by atoms with Crippen molar-refractivity contribution >= 4 is 29.3 Å². The second-order valence-corrected chi connectivity index (χ2v) is 6.30. The van der Waals surface area contributed by atoms with Crippen molar-refractivity contribution in [1.29, 1.82) is 0 Å². The van der Waals surface area contributed by atoms with Crippen molar-refractivity contribution in [2.24, 2.45) is 13.0 Å². The highest BCUT2D eigenvalue weighted by Gasteiger charge is 2.43. The first-order chi connectivity index (χ1) is 10.9. The molecule has 9 heteroatoms. The molecule has 0 bridgehead atoms. The van der Waals surface area contributed by atoms with E-state index in [0.29, 0.717) is 30.4 Å². The molecule has 1 N–H and O–H groups in total. The maximum atomic E-state index is 12.4. The zero-order chi connectivity index (χ0) is 16.7. The van der Waals surface area contributed by atoms with E-state index in [9.17, 15) is 14.4 Å². The van der Waals surface area contributed by atoms with Crippen LogP contribution in [0.15, 0.2) is 6.20 Å². The van der Waals surface area contributed by atoms with Gasteiger partial charge in [-0.15, -0.1) is 0 Å². The van der Waals surface area contributed by atoms with E-state index in [1.165, 1.54) is 10.9 Å². The van der Waals surface area contributed by atoms with Crippen LogP contribution in [0, 0.1) is 5.92 Å². The molecule has 1 atom stereocenters. The summed E-state index contributed by atoms with van der Waals surface area (Å²) in [5.41, 5.74) is 0.348. The fourth-order valence-corrected chi connectivity index (χ4v) is 3.33. The summed E-state index contributed by atoms with van der Waals surface area (Å²) in [6.07, 6.45) is 1.67. The maximum Gasteiger partial charge on any atom is 0.273 e. The number of hydrogen-bond donors (Lipinski definition) is 1. The van der Waals surface area contributed by atoms with Crippen molar-refractivity contribution in [3.63, 3.8) is 0 Å². The Morgan fingerprint density at radius 3 is 2.61 bits per heavy atom. The molecule has 1 unspecified atom stereocenters. The van der Waals surface area contributed by atoms with Gasteiger partial charge in [0.25, 0.3) is 5.91 Å². The fourth-order valence-electron chi connectivity index (χ4n) is 3.08. The summed E-state index contributed by atoms with van der Waals surface area (Å²) in [6, 6.07) is -0.0342. The fraction of sp³-hybridized carbons (Fsp3) is 0.571. The molecule has 2 saturated heterocycles. The number of aryl methyl sites for hydroxylation is 1. The van der Waals surface area contributed by atoms with Gasteiger partial charge in [0.2, 0.25) is 11.8 Å². The second-order valence-electron chi connectivity index (χ2n) is 5.89. The number of nitrogens with one attached hydrogen (secondary N) is 1. The van der Waals surface area contributed by atoms with Crippen LogP contribution in [0.4, 0.5) is 0 Å². The molecule has 0 aromatic carbocycles. The summed E-state index contributed by atoms with van der Waals surface area (Å²) in [4.78, 5) is 39.5. The standard InChI is InChI=1S/C14H18ClN5O3/c1-16-13(22)8-3-11(21)20(5-8)9-6-19(7-9)14(23)12-10(15)4-17-18(12)2/h4,8-9H,3,5-7H2,1-2H3,(H,16,22). The van der Waals surface area contributed by atoms with E-state index >= 15 is 0 Å². The molecule has 2 aliphatic heterocycles. The molecule has 2 aliphatic rings. The first-order valence-electron chi connectivity index (χ1n) is 7.40. The molecule has 1 aromatic rings. The van der Waals surface area contributed by atoms with E-state index in [1.807, 2.05) is 0 Å². The number of nitrogens with zero attached hydrogens (tertiary/aromatic N) is 4. The Labute approximate surface area is 138 Å². The zero-order valence-corrected chi connectivity index (χ0v) is 13.7. The highest BCUT2D eigenvalue weighted by molar-refractivity contribution is 6.33. The summed E-state index contributed by atoms with van der Waals surface area (Å²) in [5.74, 6) is -0.645. The number of likely N-dealkylation sites (tertiary alicyclic amines) is 2. The van der Waals surface area contributed by atoms with Gasteiger partial charge < -0.3 is 15.1 Å². The third kappa shape index (κ3) is 2.67. The van der Waals surface area contributed by atoms with Gasteiger partial charge >= 0.3 is 0 Å². The first kappa shape index (κ1) is 15.8. The molecular weight excluding hydrogens is 322 g/mol. The minimum Gasteiger partial charge on any atom is -0.359 e. The van der Waals surface area contributed by atoms with Crippen LogP contribution in [0.2, 0.25) is 5.02 Å². The van der Waals surface area contributed by atoms with Crippen molar-refractivity contribution in [2.75, 3.05) is 26.7 Å². The quantitative estimate of drug-likeness (QED) is 0.803. The van der Waals surface area contributed by atoms with E-state index < -0.39 is 0 Å². The number of amides is 3. The number of carbonyl (C=O) groups excluding carboxylic acids is 3. The lowest BCUT2D eigenvalue weighted by molar-refractivity contribution is -0.132. The Balaban J connectivity index is 1.60. The van der Waals surface area contributed by atoms with Crippen molar-refractivity contribution in [3.05, 3.63) is 16.9 Å². The summed E-state index contributed by atoms with van der Waals surface area (Å²) in [5, 5.41) is 6.85. The Morgan fingerprint density at radius 2 is 2.04 bits per heavy atom. The normalized spacial score (nSPS) is 21.5. The van der Waals surface area contributed by atoms with Gasteiger partial charge in [0.1, 0.15) is 5.69 Å². The monoisotopic (exact) mass is 339 g/mol. The molecule has 23 heavy (non-hydrogen) atoms. The zero-order valence-electron chi connectivity index (χ0n) is 13.0. The van der Waals surface area contributed by atoms with Gasteiger partial charge in [0.05, 0.1) is 23.2 Å². The van der Waals surface area contributed by atoms with Crippen LogP contribution in [-0.2, 0) is 16.6 Å². The summed E-state index contributed by atoms with van der Waals surface area (Å²) in [6.45, 7) is 1.32. The number of rotatable bonds is 3.